The molecule has 2 aromatic heterocycles. The van der Waals surface area contributed by atoms with E-state index in [0.717, 1.165) is 38.3 Å². The molecule has 45 heavy (non-hydrogen) atoms. The first-order valence-corrected chi connectivity index (χ1v) is 15.6. The van der Waals surface area contributed by atoms with Gasteiger partial charge in [0.25, 0.3) is 0 Å². The molecule has 0 unspecified atom stereocenters. The number of nitrogen functional groups attached to an aromatic ring is 1. The highest BCUT2D eigenvalue weighted by Crippen LogP contribution is 2.51. The Kier molecular flexibility index (Phi) is 6.57. The SMILES string of the molecule is Cc1cc(N)nc(-c2c(Cl)c3c4c(nc(OC[C@@]56CCCN5C[C@H](F)C6)nc4c2F)N2C[C@H]4CC[C@H](N4)[C@H]2CO3)c1C(F)(F)F. The molecule has 15 heteroatoms. The van der Waals surface area contributed by atoms with Crippen LogP contribution < -0.4 is 25.4 Å². The predicted octanol–water partition coefficient (Wildman–Crippen LogP) is 5.05. The van der Waals surface area contributed by atoms with Gasteiger partial charge in [-0.2, -0.15) is 23.1 Å². The maximum absolute atomic E-state index is 16.9. The van der Waals surface area contributed by atoms with E-state index in [-0.39, 0.29) is 70.4 Å². The molecule has 4 saturated heterocycles. The summed E-state index contributed by atoms with van der Waals surface area (Å²) in [6.45, 7) is 3.07. The zero-order valence-electron chi connectivity index (χ0n) is 24.4. The Labute approximate surface area is 260 Å². The topological polar surface area (TPSA) is 102 Å². The monoisotopic (exact) mass is 651 g/mol. The molecule has 5 aliphatic heterocycles. The van der Waals surface area contributed by atoms with Gasteiger partial charge in [0.1, 0.15) is 36.5 Å². The number of rotatable bonds is 4. The first-order chi connectivity index (χ1) is 21.4. The van der Waals surface area contributed by atoms with Gasteiger partial charge in [-0.05, 0) is 50.8 Å². The van der Waals surface area contributed by atoms with Crippen LogP contribution in [-0.2, 0) is 6.18 Å². The van der Waals surface area contributed by atoms with Crippen molar-refractivity contribution in [2.75, 3.05) is 43.5 Å². The summed E-state index contributed by atoms with van der Waals surface area (Å²) in [5.41, 5.74) is 2.28. The lowest BCUT2D eigenvalue weighted by Crippen LogP contribution is -2.60. The minimum absolute atomic E-state index is 0.0264. The third-order valence-corrected chi connectivity index (χ3v) is 10.5. The Balaban J connectivity index is 1.34. The number of hydrogen-bond donors (Lipinski definition) is 2. The molecule has 240 valence electrons. The molecular formula is C30H31ClF5N7O2. The lowest BCUT2D eigenvalue weighted by Gasteiger charge is -2.40. The van der Waals surface area contributed by atoms with Crippen molar-refractivity contribution < 1.29 is 31.4 Å². The highest BCUT2D eigenvalue weighted by Gasteiger charge is 2.50. The van der Waals surface area contributed by atoms with E-state index in [1.807, 2.05) is 4.90 Å². The van der Waals surface area contributed by atoms with Crippen LogP contribution in [-0.4, -0.2) is 82.5 Å². The fourth-order valence-corrected chi connectivity index (χ4v) is 8.56. The molecule has 5 aliphatic rings. The number of nitrogens with one attached hydrogen (secondary N) is 1. The second kappa shape index (κ2) is 10.1. The second-order valence-corrected chi connectivity index (χ2v) is 13.3. The number of fused-ring (bicyclic) bond motifs is 6. The van der Waals surface area contributed by atoms with E-state index in [0.29, 0.717) is 25.3 Å². The summed E-state index contributed by atoms with van der Waals surface area (Å²) in [4.78, 5) is 17.2. The normalized spacial score (nSPS) is 29.1. The quantitative estimate of drug-likeness (QED) is 0.376. The number of anilines is 2. The first-order valence-electron chi connectivity index (χ1n) is 15.2. The average molecular weight is 652 g/mol. The Morgan fingerprint density at radius 2 is 2.04 bits per heavy atom. The molecule has 0 aliphatic carbocycles. The van der Waals surface area contributed by atoms with E-state index in [1.54, 1.807) is 0 Å². The molecule has 7 heterocycles. The minimum Gasteiger partial charge on any atom is -0.489 e. The smallest absolute Gasteiger partial charge is 0.418 e. The van der Waals surface area contributed by atoms with Gasteiger partial charge in [0.2, 0.25) is 0 Å². The van der Waals surface area contributed by atoms with Crippen molar-refractivity contribution in [2.24, 2.45) is 0 Å². The van der Waals surface area contributed by atoms with Crippen molar-refractivity contribution in [3.63, 3.8) is 0 Å². The molecule has 9 nitrogen and oxygen atoms in total. The fourth-order valence-electron chi connectivity index (χ4n) is 8.24. The number of nitrogens with zero attached hydrogens (tertiary/aromatic N) is 5. The highest BCUT2D eigenvalue weighted by atomic mass is 35.5. The number of halogens is 6. The van der Waals surface area contributed by atoms with Crippen molar-refractivity contribution in [3.05, 3.63) is 28.0 Å². The summed E-state index contributed by atoms with van der Waals surface area (Å²) >= 11 is 6.79. The molecule has 0 saturated carbocycles. The fraction of sp³-hybridized carbons (Fsp3) is 0.567. The Hall–Kier alpha value is -3.23. The van der Waals surface area contributed by atoms with Crippen LogP contribution in [0.15, 0.2) is 6.07 Å². The van der Waals surface area contributed by atoms with Crippen LogP contribution in [0, 0.1) is 12.7 Å². The standard InChI is InChI=1S/C30H31ClF5N7O2/c1-13-7-18(37)39-24(21(13)30(34,35)36)19-22(31)26-20-25(23(19)33)40-28(45-12-29-5-2-6-42(29)9-14(32)8-29)41-27(20)43-10-15-3-4-16(38-15)17(43)11-44-26/h7,14-17,38H,2-6,8-12H2,1H3,(H2,37,39)/t14-,15-,16+,17-,29+/m1/s1. The third-order valence-electron chi connectivity index (χ3n) is 10.2. The van der Waals surface area contributed by atoms with Gasteiger partial charge in [0.05, 0.1) is 38.8 Å². The van der Waals surface area contributed by atoms with Crippen LogP contribution in [0.5, 0.6) is 11.8 Å². The molecule has 8 rings (SSSR count). The molecule has 2 bridgehead atoms. The number of aromatic nitrogens is 3. The van der Waals surface area contributed by atoms with Gasteiger partial charge in [-0.15, -0.1) is 0 Å². The van der Waals surface area contributed by atoms with E-state index >= 15 is 4.39 Å². The van der Waals surface area contributed by atoms with Crippen LogP contribution in [0.1, 0.15) is 43.2 Å². The summed E-state index contributed by atoms with van der Waals surface area (Å²) < 4.78 is 86.9. The van der Waals surface area contributed by atoms with Crippen molar-refractivity contribution in [2.45, 2.75) is 75.0 Å². The molecule has 3 N–H and O–H groups in total. The summed E-state index contributed by atoms with van der Waals surface area (Å²) in [6, 6.07) is 0.930. The van der Waals surface area contributed by atoms with Crippen molar-refractivity contribution in [3.8, 4) is 23.0 Å². The third kappa shape index (κ3) is 4.49. The Morgan fingerprint density at radius 1 is 1.22 bits per heavy atom. The van der Waals surface area contributed by atoms with Gasteiger partial charge in [0, 0.05) is 31.6 Å². The predicted molar refractivity (Wildman–Crippen MR) is 157 cm³/mol. The van der Waals surface area contributed by atoms with Gasteiger partial charge < -0.3 is 25.4 Å². The summed E-state index contributed by atoms with van der Waals surface area (Å²) in [5, 5.41) is 3.36. The van der Waals surface area contributed by atoms with E-state index in [1.165, 1.54) is 6.92 Å². The minimum atomic E-state index is -4.89. The van der Waals surface area contributed by atoms with Crippen LogP contribution in [0.3, 0.4) is 0 Å². The van der Waals surface area contributed by atoms with Crippen molar-refractivity contribution >= 4 is 34.1 Å². The molecule has 3 aromatic rings. The number of hydrogen-bond acceptors (Lipinski definition) is 9. The number of piperazine rings is 1. The van der Waals surface area contributed by atoms with Crippen LogP contribution in [0.25, 0.3) is 22.2 Å². The summed E-state index contributed by atoms with van der Waals surface area (Å²) in [7, 11) is 0. The van der Waals surface area contributed by atoms with Gasteiger partial charge in [-0.3, -0.25) is 4.90 Å². The van der Waals surface area contributed by atoms with Gasteiger partial charge in [-0.1, -0.05) is 11.6 Å². The number of aryl methyl sites for hydroxylation is 1. The molecule has 4 fully saturated rings. The van der Waals surface area contributed by atoms with E-state index in [9.17, 15) is 17.6 Å². The zero-order valence-corrected chi connectivity index (χ0v) is 25.1. The highest BCUT2D eigenvalue weighted by molar-refractivity contribution is 6.36. The average Bonchev–Trinajstić information content (AvgIpc) is 3.59. The van der Waals surface area contributed by atoms with Crippen molar-refractivity contribution in [1.29, 1.82) is 0 Å². The van der Waals surface area contributed by atoms with E-state index in [4.69, 9.17) is 31.8 Å². The number of nitrogens with two attached hydrogens (primary N) is 1. The summed E-state index contributed by atoms with van der Waals surface area (Å²) in [5.74, 6) is -1.04. The maximum atomic E-state index is 16.9. The maximum Gasteiger partial charge on any atom is 0.418 e. The Bertz CT molecular complexity index is 1730. The van der Waals surface area contributed by atoms with E-state index < -0.39 is 40.5 Å². The Morgan fingerprint density at radius 3 is 2.84 bits per heavy atom. The lowest BCUT2D eigenvalue weighted by molar-refractivity contribution is -0.137. The lowest BCUT2D eigenvalue weighted by atomic mass is 9.95. The van der Waals surface area contributed by atoms with Crippen LogP contribution >= 0.6 is 11.6 Å². The molecule has 0 spiro atoms. The second-order valence-electron chi connectivity index (χ2n) is 12.9. The molecular weight excluding hydrogens is 621 g/mol. The zero-order chi connectivity index (χ0) is 31.4. The number of pyridine rings is 1. The summed E-state index contributed by atoms with van der Waals surface area (Å²) in [6.07, 6.45) is -2.09. The van der Waals surface area contributed by atoms with Crippen LogP contribution in [0.2, 0.25) is 5.02 Å². The van der Waals surface area contributed by atoms with Crippen LogP contribution in [0.4, 0.5) is 33.6 Å². The molecule has 0 amide bonds. The molecule has 5 atom stereocenters. The van der Waals surface area contributed by atoms with Gasteiger partial charge >= 0.3 is 12.2 Å². The van der Waals surface area contributed by atoms with Gasteiger partial charge in [0.15, 0.2) is 11.6 Å². The molecule has 1 aromatic carbocycles. The number of alkyl halides is 4. The largest absolute Gasteiger partial charge is 0.489 e. The first kappa shape index (κ1) is 29.2. The van der Waals surface area contributed by atoms with Crippen molar-refractivity contribution in [1.82, 2.24) is 25.2 Å². The number of ether oxygens (including phenoxy) is 2. The van der Waals surface area contributed by atoms with E-state index in [2.05, 4.69) is 20.2 Å². The molecule has 0 radical (unpaired) electrons. The van der Waals surface area contributed by atoms with Gasteiger partial charge in [-0.25, -0.2) is 13.8 Å². The number of benzene rings is 1.